The summed E-state index contributed by atoms with van der Waals surface area (Å²) in [5.74, 6) is -0.285. The van der Waals surface area contributed by atoms with E-state index >= 15 is 0 Å². The van der Waals surface area contributed by atoms with Gasteiger partial charge in [-0.3, -0.25) is 9.69 Å². The predicted octanol–water partition coefficient (Wildman–Crippen LogP) is -1.17. The Morgan fingerprint density at radius 3 is 2.55 bits per heavy atom. The molecule has 0 aromatic carbocycles. The van der Waals surface area contributed by atoms with Gasteiger partial charge in [-0.15, -0.1) is 0 Å². The number of rotatable bonds is 3. The molecule has 0 aromatic rings. The number of likely N-dealkylation sites (tertiary alicyclic amines) is 1. The molecule has 1 fully saturated rings. The lowest BCUT2D eigenvalue weighted by Gasteiger charge is -2.38. The van der Waals surface area contributed by atoms with E-state index in [1.54, 1.807) is 0 Å². The molecule has 1 amide bonds. The van der Waals surface area contributed by atoms with E-state index < -0.39 is 0 Å². The summed E-state index contributed by atoms with van der Waals surface area (Å²) in [7, 11) is 0. The molecule has 0 bridgehead atoms. The van der Waals surface area contributed by atoms with E-state index in [2.05, 4.69) is 0 Å². The summed E-state index contributed by atoms with van der Waals surface area (Å²) in [6.45, 7) is 1.37. The zero-order chi connectivity index (χ0) is 8.43. The lowest BCUT2D eigenvalue weighted by molar-refractivity contribution is -0.126. The van der Waals surface area contributed by atoms with Crippen LogP contribution in [0, 0.1) is 0 Å². The standard InChI is InChI=1S/C6H11N3OS/c7-5(11)3-9-2-1-4(9)6(8)10/h4H,1-3H2,(H2,7,11)(H2,8,10). The maximum atomic E-state index is 10.7. The van der Waals surface area contributed by atoms with Gasteiger partial charge in [-0.1, -0.05) is 12.2 Å². The third kappa shape index (κ3) is 1.87. The fourth-order valence-corrected chi connectivity index (χ4v) is 1.32. The van der Waals surface area contributed by atoms with Gasteiger partial charge in [0.25, 0.3) is 0 Å². The van der Waals surface area contributed by atoms with Crippen molar-refractivity contribution in [2.24, 2.45) is 11.5 Å². The molecule has 0 aromatic heterocycles. The van der Waals surface area contributed by atoms with E-state index in [4.69, 9.17) is 23.7 Å². The number of carbonyl (C=O) groups excluding carboxylic acids is 1. The number of carbonyl (C=O) groups is 1. The van der Waals surface area contributed by atoms with Crippen LogP contribution in [0.3, 0.4) is 0 Å². The molecule has 1 saturated heterocycles. The Kier molecular flexibility index (Phi) is 2.41. The van der Waals surface area contributed by atoms with Crippen LogP contribution >= 0.6 is 12.2 Å². The quantitative estimate of drug-likeness (QED) is 0.528. The van der Waals surface area contributed by atoms with Crippen molar-refractivity contribution < 1.29 is 4.79 Å². The second kappa shape index (κ2) is 3.15. The Hall–Kier alpha value is -0.680. The molecule has 62 valence electrons. The zero-order valence-corrected chi connectivity index (χ0v) is 6.93. The number of hydrogen-bond acceptors (Lipinski definition) is 3. The molecule has 1 heterocycles. The van der Waals surface area contributed by atoms with E-state index in [9.17, 15) is 4.79 Å². The first-order valence-corrected chi connectivity index (χ1v) is 3.83. The Balaban J connectivity index is 2.37. The first-order chi connectivity index (χ1) is 5.11. The average molecular weight is 173 g/mol. The van der Waals surface area contributed by atoms with E-state index in [0.717, 1.165) is 13.0 Å². The molecule has 5 heteroatoms. The Morgan fingerprint density at radius 2 is 2.27 bits per heavy atom. The van der Waals surface area contributed by atoms with Gasteiger partial charge >= 0.3 is 0 Å². The van der Waals surface area contributed by atoms with Crippen LogP contribution in [0.1, 0.15) is 6.42 Å². The fourth-order valence-electron chi connectivity index (χ4n) is 1.15. The first kappa shape index (κ1) is 8.42. The minimum atomic E-state index is -0.285. The second-order valence-electron chi connectivity index (χ2n) is 2.64. The maximum absolute atomic E-state index is 10.7. The summed E-state index contributed by atoms with van der Waals surface area (Å²) in [4.78, 5) is 13.0. The van der Waals surface area contributed by atoms with Gasteiger partial charge in [0.15, 0.2) is 0 Å². The van der Waals surface area contributed by atoms with Crippen LogP contribution in [0.4, 0.5) is 0 Å². The topological polar surface area (TPSA) is 72.4 Å². The molecule has 1 atom stereocenters. The van der Waals surface area contributed by atoms with Gasteiger partial charge in [-0.2, -0.15) is 0 Å². The van der Waals surface area contributed by atoms with Crippen LogP contribution in [0.25, 0.3) is 0 Å². The normalized spacial score (nSPS) is 24.2. The highest BCUT2D eigenvalue weighted by Gasteiger charge is 2.32. The molecule has 1 aliphatic heterocycles. The lowest BCUT2D eigenvalue weighted by Crippen LogP contribution is -2.56. The van der Waals surface area contributed by atoms with E-state index in [-0.39, 0.29) is 11.9 Å². The van der Waals surface area contributed by atoms with Gasteiger partial charge in [-0.25, -0.2) is 0 Å². The number of hydrogen-bond donors (Lipinski definition) is 2. The van der Waals surface area contributed by atoms with Crippen molar-refractivity contribution in [3.63, 3.8) is 0 Å². The molecule has 0 radical (unpaired) electrons. The van der Waals surface area contributed by atoms with Gasteiger partial charge in [0.2, 0.25) is 5.91 Å². The van der Waals surface area contributed by atoms with E-state index in [1.807, 2.05) is 4.90 Å². The summed E-state index contributed by atoms with van der Waals surface area (Å²) in [6, 6.07) is -0.142. The number of nitrogens with two attached hydrogens (primary N) is 2. The van der Waals surface area contributed by atoms with Crippen LogP contribution in [0.5, 0.6) is 0 Å². The summed E-state index contributed by atoms with van der Waals surface area (Å²) < 4.78 is 0. The van der Waals surface area contributed by atoms with Gasteiger partial charge in [-0.05, 0) is 6.42 Å². The summed E-state index contributed by atoms with van der Waals surface area (Å²) in [6.07, 6.45) is 0.831. The molecule has 0 aliphatic carbocycles. The summed E-state index contributed by atoms with van der Waals surface area (Å²) in [5.41, 5.74) is 10.4. The summed E-state index contributed by atoms with van der Waals surface area (Å²) >= 11 is 4.70. The van der Waals surface area contributed by atoms with Crippen LogP contribution in [0.2, 0.25) is 0 Å². The van der Waals surface area contributed by atoms with Gasteiger partial charge in [0.1, 0.15) is 0 Å². The van der Waals surface area contributed by atoms with Crippen molar-refractivity contribution >= 4 is 23.1 Å². The minimum Gasteiger partial charge on any atom is -0.392 e. The highest BCUT2D eigenvalue weighted by Crippen LogP contribution is 2.15. The van der Waals surface area contributed by atoms with Crippen molar-refractivity contribution in [3.05, 3.63) is 0 Å². The minimum absolute atomic E-state index is 0.142. The van der Waals surface area contributed by atoms with Crippen molar-refractivity contribution in [1.82, 2.24) is 4.90 Å². The lowest BCUT2D eigenvalue weighted by atomic mass is 10.0. The highest BCUT2D eigenvalue weighted by molar-refractivity contribution is 7.80. The number of thiocarbonyl (C=S) groups is 1. The molecule has 11 heavy (non-hydrogen) atoms. The predicted molar refractivity (Wildman–Crippen MR) is 46.0 cm³/mol. The fraction of sp³-hybridized carbons (Fsp3) is 0.667. The van der Waals surface area contributed by atoms with Crippen molar-refractivity contribution in [2.75, 3.05) is 13.1 Å². The Bertz CT molecular complexity index is 194. The van der Waals surface area contributed by atoms with Gasteiger partial charge in [0, 0.05) is 13.1 Å². The molecule has 4 N–H and O–H groups in total. The smallest absolute Gasteiger partial charge is 0.234 e. The largest absolute Gasteiger partial charge is 0.392 e. The highest BCUT2D eigenvalue weighted by atomic mass is 32.1. The molecule has 0 saturated carbocycles. The Morgan fingerprint density at radius 1 is 1.64 bits per heavy atom. The number of nitrogens with zero attached hydrogens (tertiary/aromatic N) is 1. The van der Waals surface area contributed by atoms with Gasteiger partial charge in [0.05, 0.1) is 11.0 Å². The van der Waals surface area contributed by atoms with Crippen molar-refractivity contribution in [3.8, 4) is 0 Å². The van der Waals surface area contributed by atoms with Crippen LogP contribution in [0.15, 0.2) is 0 Å². The molecular weight excluding hydrogens is 162 g/mol. The number of primary amides is 1. The second-order valence-corrected chi connectivity index (χ2v) is 3.17. The third-order valence-corrected chi connectivity index (χ3v) is 1.95. The number of amides is 1. The van der Waals surface area contributed by atoms with E-state index in [1.165, 1.54) is 0 Å². The SMILES string of the molecule is NC(=O)C1CCN1CC(N)=S. The zero-order valence-electron chi connectivity index (χ0n) is 6.12. The third-order valence-electron chi connectivity index (χ3n) is 1.82. The molecular formula is C6H11N3OS. The maximum Gasteiger partial charge on any atom is 0.234 e. The molecule has 1 unspecified atom stereocenters. The van der Waals surface area contributed by atoms with Crippen LogP contribution in [-0.4, -0.2) is 34.9 Å². The monoisotopic (exact) mass is 173 g/mol. The van der Waals surface area contributed by atoms with Crippen LogP contribution in [-0.2, 0) is 4.79 Å². The first-order valence-electron chi connectivity index (χ1n) is 3.43. The summed E-state index contributed by atoms with van der Waals surface area (Å²) in [5, 5.41) is 0. The van der Waals surface area contributed by atoms with Gasteiger partial charge < -0.3 is 11.5 Å². The molecule has 1 rings (SSSR count). The molecule has 1 aliphatic rings. The molecule has 0 spiro atoms. The molecule has 4 nitrogen and oxygen atoms in total. The van der Waals surface area contributed by atoms with Crippen LogP contribution < -0.4 is 11.5 Å². The average Bonchev–Trinajstić information content (AvgIpc) is 1.78. The van der Waals surface area contributed by atoms with Crippen molar-refractivity contribution in [2.45, 2.75) is 12.5 Å². The Labute approximate surface area is 70.5 Å². The van der Waals surface area contributed by atoms with Crippen molar-refractivity contribution in [1.29, 1.82) is 0 Å². The van der Waals surface area contributed by atoms with E-state index in [0.29, 0.717) is 11.5 Å².